The Labute approximate surface area is 106 Å². The second kappa shape index (κ2) is 4.00. The maximum absolute atomic E-state index is 4.52. The van der Waals surface area contributed by atoms with Gasteiger partial charge in [-0.25, -0.2) is 0 Å². The van der Waals surface area contributed by atoms with Crippen molar-refractivity contribution in [1.82, 2.24) is 4.37 Å². The molecule has 78 valence electrons. The Morgan fingerprint density at radius 3 is 2.50 bits per heavy atom. The smallest absolute Gasteiger partial charge is 0.0919 e. The number of benzene rings is 2. The van der Waals surface area contributed by atoms with Gasteiger partial charge in [-0.2, -0.15) is 4.37 Å². The molecule has 0 aliphatic rings. The molecule has 0 unspecified atom stereocenters. The average molecular weight is 290 g/mol. The van der Waals surface area contributed by atoms with Crippen LogP contribution < -0.4 is 0 Å². The van der Waals surface area contributed by atoms with Crippen LogP contribution in [-0.2, 0) is 0 Å². The quantitative estimate of drug-likeness (QED) is 0.631. The lowest BCUT2D eigenvalue weighted by molar-refractivity contribution is 1.53. The summed E-state index contributed by atoms with van der Waals surface area (Å²) in [5.41, 5.74) is 2.24. The molecule has 3 aromatic rings. The highest BCUT2D eigenvalue weighted by molar-refractivity contribution is 9.10. The fourth-order valence-electron chi connectivity index (χ4n) is 1.70. The van der Waals surface area contributed by atoms with Gasteiger partial charge in [-0.1, -0.05) is 46.3 Å². The molecule has 3 heteroatoms. The Kier molecular flexibility index (Phi) is 2.50. The highest BCUT2D eigenvalue weighted by Gasteiger charge is 2.06. The van der Waals surface area contributed by atoms with Crippen molar-refractivity contribution in [2.24, 2.45) is 0 Å². The Morgan fingerprint density at radius 2 is 1.69 bits per heavy atom. The van der Waals surface area contributed by atoms with Gasteiger partial charge in [0, 0.05) is 15.4 Å². The second-order valence-corrected chi connectivity index (χ2v) is 5.25. The van der Waals surface area contributed by atoms with Gasteiger partial charge >= 0.3 is 0 Å². The molecule has 16 heavy (non-hydrogen) atoms. The maximum Gasteiger partial charge on any atom is 0.0919 e. The first-order chi connectivity index (χ1) is 7.84. The van der Waals surface area contributed by atoms with Gasteiger partial charge in [-0.3, -0.25) is 0 Å². The lowest BCUT2D eigenvalue weighted by Crippen LogP contribution is -1.77. The molecule has 0 amide bonds. The fourth-order valence-corrected chi connectivity index (χ4v) is 2.76. The van der Waals surface area contributed by atoms with Crippen LogP contribution in [-0.4, -0.2) is 4.37 Å². The van der Waals surface area contributed by atoms with E-state index >= 15 is 0 Å². The van der Waals surface area contributed by atoms with Crippen LogP contribution in [0.1, 0.15) is 0 Å². The molecule has 0 radical (unpaired) electrons. The van der Waals surface area contributed by atoms with Crippen molar-refractivity contribution in [2.75, 3.05) is 0 Å². The lowest BCUT2D eigenvalue weighted by atomic mass is 10.1. The van der Waals surface area contributed by atoms with E-state index in [9.17, 15) is 0 Å². The predicted molar refractivity (Wildman–Crippen MR) is 72.8 cm³/mol. The lowest BCUT2D eigenvalue weighted by Gasteiger charge is -1.98. The summed E-state index contributed by atoms with van der Waals surface area (Å²) in [6.07, 6.45) is 0. The van der Waals surface area contributed by atoms with Crippen molar-refractivity contribution < 1.29 is 0 Å². The monoisotopic (exact) mass is 289 g/mol. The third kappa shape index (κ3) is 1.66. The Bertz CT molecular complexity index is 628. The summed E-state index contributed by atoms with van der Waals surface area (Å²) in [5, 5.41) is 1.23. The van der Waals surface area contributed by atoms with Crippen molar-refractivity contribution in [3.05, 3.63) is 53.0 Å². The van der Waals surface area contributed by atoms with Gasteiger partial charge in [-0.15, -0.1) is 0 Å². The van der Waals surface area contributed by atoms with E-state index in [1.165, 1.54) is 15.6 Å². The molecule has 0 fully saturated rings. The highest BCUT2D eigenvalue weighted by atomic mass is 79.9. The van der Waals surface area contributed by atoms with Crippen molar-refractivity contribution in [3.63, 3.8) is 0 Å². The van der Waals surface area contributed by atoms with Gasteiger partial charge in [0.2, 0.25) is 0 Å². The number of halogens is 1. The average Bonchev–Trinajstić information content (AvgIpc) is 2.74. The summed E-state index contributed by atoms with van der Waals surface area (Å²) < 4.78 is 6.85. The second-order valence-electron chi connectivity index (χ2n) is 3.53. The first-order valence-corrected chi connectivity index (χ1v) is 6.51. The molecule has 0 aliphatic heterocycles. The summed E-state index contributed by atoms with van der Waals surface area (Å²) in [4.78, 5) is 0. The topological polar surface area (TPSA) is 12.9 Å². The van der Waals surface area contributed by atoms with E-state index in [0.29, 0.717) is 0 Å². The van der Waals surface area contributed by atoms with Crippen molar-refractivity contribution >= 4 is 37.5 Å². The molecule has 0 bridgehead atoms. The first kappa shape index (κ1) is 10.00. The molecule has 0 saturated heterocycles. The first-order valence-electron chi connectivity index (χ1n) is 4.95. The number of rotatable bonds is 1. The fraction of sp³-hybridized carbons (Fsp3) is 0. The van der Waals surface area contributed by atoms with Crippen LogP contribution in [0, 0.1) is 0 Å². The van der Waals surface area contributed by atoms with Crippen LogP contribution >= 0.6 is 27.5 Å². The van der Waals surface area contributed by atoms with Gasteiger partial charge in [0.1, 0.15) is 0 Å². The standard InChI is InChI=1S/C13H8BrNS/c14-10-7-5-9(6-8-10)13-11-3-1-2-4-12(11)16-15-13/h1-8H. The third-order valence-corrected chi connectivity index (χ3v) is 3.85. The van der Waals surface area contributed by atoms with Crippen molar-refractivity contribution in [1.29, 1.82) is 0 Å². The Balaban J connectivity index is 2.22. The molecule has 1 heterocycles. The van der Waals surface area contributed by atoms with E-state index in [1.54, 1.807) is 11.5 Å². The molecule has 0 aliphatic carbocycles. The minimum absolute atomic E-state index is 1.08. The number of nitrogens with zero attached hydrogens (tertiary/aromatic N) is 1. The summed E-state index contributed by atoms with van der Waals surface area (Å²) >= 11 is 4.99. The van der Waals surface area contributed by atoms with Crippen LogP contribution in [0.5, 0.6) is 0 Å². The molecule has 0 N–H and O–H groups in total. The number of aromatic nitrogens is 1. The van der Waals surface area contributed by atoms with E-state index < -0.39 is 0 Å². The molecule has 2 aromatic carbocycles. The van der Waals surface area contributed by atoms with Crippen molar-refractivity contribution in [2.45, 2.75) is 0 Å². The van der Waals surface area contributed by atoms with Gasteiger partial charge in [-0.05, 0) is 29.7 Å². The number of hydrogen-bond acceptors (Lipinski definition) is 2. The molecule has 0 spiro atoms. The summed E-state index contributed by atoms with van der Waals surface area (Å²) in [5.74, 6) is 0. The van der Waals surface area contributed by atoms with E-state index in [0.717, 1.165) is 10.2 Å². The Hall–Kier alpha value is -1.19. The number of fused-ring (bicyclic) bond motifs is 1. The highest BCUT2D eigenvalue weighted by Crippen LogP contribution is 2.30. The number of hydrogen-bond donors (Lipinski definition) is 0. The van der Waals surface area contributed by atoms with Gasteiger partial charge in [0.05, 0.1) is 10.4 Å². The minimum Gasteiger partial charge on any atom is -0.191 e. The molecule has 1 nitrogen and oxygen atoms in total. The van der Waals surface area contributed by atoms with Crippen LogP contribution in [0.25, 0.3) is 21.3 Å². The molecular weight excluding hydrogens is 282 g/mol. The zero-order valence-corrected chi connectivity index (χ0v) is 10.8. The third-order valence-electron chi connectivity index (χ3n) is 2.50. The van der Waals surface area contributed by atoms with E-state index in [-0.39, 0.29) is 0 Å². The minimum atomic E-state index is 1.08. The van der Waals surface area contributed by atoms with E-state index in [4.69, 9.17) is 0 Å². The molecular formula is C13H8BrNS. The molecule has 3 rings (SSSR count). The molecule has 1 aromatic heterocycles. The SMILES string of the molecule is Brc1ccc(-c2nsc3ccccc23)cc1. The van der Waals surface area contributed by atoms with Crippen LogP contribution in [0.15, 0.2) is 53.0 Å². The summed E-state index contributed by atoms with van der Waals surface area (Å²) in [6, 6.07) is 16.6. The molecule has 0 atom stereocenters. The van der Waals surface area contributed by atoms with Gasteiger partial charge in [0.15, 0.2) is 0 Å². The van der Waals surface area contributed by atoms with Gasteiger partial charge < -0.3 is 0 Å². The largest absolute Gasteiger partial charge is 0.191 e. The van der Waals surface area contributed by atoms with Crippen LogP contribution in [0.2, 0.25) is 0 Å². The van der Waals surface area contributed by atoms with E-state index in [2.05, 4.69) is 50.6 Å². The zero-order chi connectivity index (χ0) is 11.0. The summed E-state index contributed by atoms with van der Waals surface area (Å²) in [6.45, 7) is 0. The zero-order valence-electron chi connectivity index (χ0n) is 8.35. The van der Waals surface area contributed by atoms with Gasteiger partial charge in [0.25, 0.3) is 0 Å². The van der Waals surface area contributed by atoms with E-state index in [1.807, 2.05) is 18.2 Å². The van der Waals surface area contributed by atoms with Crippen LogP contribution in [0.3, 0.4) is 0 Å². The Morgan fingerprint density at radius 1 is 0.938 bits per heavy atom. The molecule has 0 saturated carbocycles. The van der Waals surface area contributed by atoms with Crippen LogP contribution in [0.4, 0.5) is 0 Å². The normalized spacial score (nSPS) is 10.8. The predicted octanol–water partition coefficient (Wildman–Crippen LogP) is 4.73. The summed E-state index contributed by atoms with van der Waals surface area (Å²) in [7, 11) is 0. The maximum atomic E-state index is 4.52. The van der Waals surface area contributed by atoms with Crippen molar-refractivity contribution in [3.8, 4) is 11.3 Å².